The van der Waals surface area contributed by atoms with Gasteiger partial charge in [0.25, 0.3) is 0 Å². The molecule has 2 unspecified atom stereocenters. The molecule has 0 N–H and O–H groups in total. The second-order valence-electron chi connectivity index (χ2n) is 13.7. The van der Waals surface area contributed by atoms with Gasteiger partial charge in [-0.1, -0.05) is 17.7 Å². The van der Waals surface area contributed by atoms with Crippen LogP contribution in [0.15, 0.2) is 53.9 Å². The fourth-order valence-electron chi connectivity index (χ4n) is 6.33. The summed E-state index contributed by atoms with van der Waals surface area (Å²) in [6.45, 7) is 7.93. The third-order valence-corrected chi connectivity index (χ3v) is 9.81. The van der Waals surface area contributed by atoms with Crippen LogP contribution in [-0.4, -0.2) is 75.2 Å². The topological polar surface area (TPSA) is 131 Å². The number of nitrogens with zero attached hydrogens (tertiary/aromatic N) is 8. The molecule has 0 radical (unpaired) electrons. The van der Waals surface area contributed by atoms with Crippen molar-refractivity contribution in [2.75, 3.05) is 20.3 Å². The van der Waals surface area contributed by atoms with Gasteiger partial charge < -0.3 is 18.8 Å². The molecular weight excluding hydrogens is 632 g/mol. The van der Waals surface area contributed by atoms with Gasteiger partial charge in [-0.2, -0.15) is 5.10 Å². The van der Waals surface area contributed by atoms with E-state index >= 15 is 0 Å². The molecule has 13 nitrogen and oxygen atoms in total. The SMILES string of the molecule is COS(=O)c1cc(-c2cn(Cc3cn4cc(CN(CC5CCC5)C(=O)OC(C)(C)C)ccc4n3)nn2)c2cnn(C3CCCCO3)c2c1. The molecule has 14 heteroatoms. The number of pyridine rings is 1. The fourth-order valence-corrected chi connectivity index (χ4v) is 6.95. The molecule has 5 heterocycles. The molecule has 1 saturated heterocycles. The largest absolute Gasteiger partial charge is 0.444 e. The van der Waals surface area contributed by atoms with Gasteiger partial charge in [-0.05, 0) is 82.6 Å². The Morgan fingerprint density at radius 3 is 2.69 bits per heavy atom. The molecular formula is C34H42N8O5S. The summed E-state index contributed by atoms with van der Waals surface area (Å²) in [4.78, 5) is 20.2. The molecule has 5 aromatic rings. The van der Waals surface area contributed by atoms with Crippen molar-refractivity contribution in [1.29, 1.82) is 0 Å². The van der Waals surface area contributed by atoms with E-state index in [2.05, 4.69) is 15.4 Å². The number of ether oxygens (including phenoxy) is 2. The highest BCUT2D eigenvalue weighted by molar-refractivity contribution is 7.80. The van der Waals surface area contributed by atoms with E-state index in [0.29, 0.717) is 42.7 Å². The van der Waals surface area contributed by atoms with Crippen LogP contribution in [0.3, 0.4) is 0 Å². The van der Waals surface area contributed by atoms with Gasteiger partial charge >= 0.3 is 6.09 Å². The zero-order chi connectivity index (χ0) is 33.4. The van der Waals surface area contributed by atoms with Crippen molar-refractivity contribution in [2.45, 2.75) is 89.1 Å². The van der Waals surface area contributed by atoms with Crippen molar-refractivity contribution in [2.24, 2.45) is 5.92 Å². The van der Waals surface area contributed by atoms with Crippen molar-refractivity contribution >= 4 is 33.7 Å². The van der Waals surface area contributed by atoms with E-state index in [1.807, 2.05) is 77.6 Å². The maximum absolute atomic E-state index is 13.1. The molecule has 0 bridgehead atoms. The predicted octanol–water partition coefficient (Wildman–Crippen LogP) is 5.90. The molecule has 1 aromatic carbocycles. The minimum atomic E-state index is -1.65. The first-order chi connectivity index (χ1) is 23.1. The summed E-state index contributed by atoms with van der Waals surface area (Å²) in [6, 6.07) is 7.65. The number of carbonyl (C=O) groups is 1. The summed E-state index contributed by atoms with van der Waals surface area (Å²) in [5.74, 6) is 0.524. The highest BCUT2D eigenvalue weighted by Crippen LogP contribution is 2.34. The lowest BCUT2D eigenvalue weighted by atomic mass is 9.85. The Bertz CT molecular complexity index is 1950. The van der Waals surface area contributed by atoms with Gasteiger partial charge in [0.05, 0.1) is 48.7 Å². The van der Waals surface area contributed by atoms with Crippen LogP contribution in [0.2, 0.25) is 0 Å². The Kier molecular flexibility index (Phi) is 9.05. The van der Waals surface area contributed by atoms with Crippen LogP contribution in [0.5, 0.6) is 0 Å². The normalized spacial score (nSPS) is 17.9. The fraction of sp³-hybridized carbons (Fsp3) is 0.500. The first-order valence-electron chi connectivity index (χ1n) is 16.6. The lowest BCUT2D eigenvalue weighted by Crippen LogP contribution is -2.40. The summed E-state index contributed by atoms with van der Waals surface area (Å²) in [7, 11) is 1.42. The molecule has 2 fully saturated rings. The molecule has 1 saturated carbocycles. The van der Waals surface area contributed by atoms with E-state index in [4.69, 9.17) is 18.6 Å². The van der Waals surface area contributed by atoms with Gasteiger partial charge in [-0.25, -0.2) is 23.4 Å². The molecule has 254 valence electrons. The van der Waals surface area contributed by atoms with E-state index in [1.54, 1.807) is 10.9 Å². The maximum Gasteiger partial charge on any atom is 0.410 e. The molecule has 1 aliphatic carbocycles. The highest BCUT2D eigenvalue weighted by Gasteiger charge is 2.28. The molecule has 1 amide bonds. The number of fused-ring (bicyclic) bond motifs is 2. The summed E-state index contributed by atoms with van der Waals surface area (Å²) < 4.78 is 35.3. The van der Waals surface area contributed by atoms with Crippen LogP contribution >= 0.6 is 0 Å². The lowest BCUT2D eigenvalue weighted by Gasteiger charge is -2.33. The first-order valence-corrected chi connectivity index (χ1v) is 17.6. The average molecular weight is 675 g/mol. The smallest absolute Gasteiger partial charge is 0.410 e. The van der Waals surface area contributed by atoms with Crippen LogP contribution in [0, 0.1) is 5.92 Å². The maximum atomic E-state index is 13.1. The number of carbonyl (C=O) groups excluding carboxylic acids is 1. The van der Waals surface area contributed by atoms with E-state index in [0.717, 1.165) is 65.5 Å². The van der Waals surface area contributed by atoms with E-state index in [-0.39, 0.29) is 12.3 Å². The van der Waals surface area contributed by atoms with Crippen molar-refractivity contribution in [3.63, 3.8) is 0 Å². The molecule has 2 aliphatic rings. The Morgan fingerprint density at radius 1 is 1.10 bits per heavy atom. The second kappa shape index (κ2) is 13.4. The zero-order valence-corrected chi connectivity index (χ0v) is 28.7. The monoisotopic (exact) mass is 674 g/mol. The number of hydrogen-bond donors (Lipinski definition) is 0. The van der Waals surface area contributed by atoms with Crippen molar-refractivity contribution in [3.05, 3.63) is 60.3 Å². The number of aromatic nitrogens is 7. The van der Waals surface area contributed by atoms with Crippen molar-refractivity contribution in [1.82, 2.24) is 39.1 Å². The summed E-state index contributed by atoms with van der Waals surface area (Å²) >= 11 is -1.65. The minimum Gasteiger partial charge on any atom is -0.444 e. The standard InChI is InChI=1S/C34H42N8O5S/c1-34(2,3)47-33(43)40(17-23-8-7-9-23)19-24-11-12-31-36-25(20-39(31)18-24)21-41-22-29(37-38-41)27-14-26(48(44)45-4)15-30-28(27)16-35-42(30)32-10-5-6-13-46-32/h11-12,14-16,18,20,22-23,32H,5-10,13,17,19,21H2,1-4H3. The van der Waals surface area contributed by atoms with Crippen LogP contribution in [0.1, 0.15) is 76.8 Å². The van der Waals surface area contributed by atoms with Gasteiger partial charge in [-0.15, -0.1) is 5.10 Å². The Hall–Kier alpha value is -4.14. The van der Waals surface area contributed by atoms with E-state index in [1.165, 1.54) is 13.5 Å². The Balaban J connectivity index is 1.12. The highest BCUT2D eigenvalue weighted by atomic mass is 32.2. The lowest BCUT2D eigenvalue weighted by molar-refractivity contribution is -0.0366. The number of benzene rings is 1. The number of amides is 1. The molecule has 1 aliphatic heterocycles. The summed E-state index contributed by atoms with van der Waals surface area (Å²) in [6.07, 6.45) is 13.7. The predicted molar refractivity (Wildman–Crippen MR) is 179 cm³/mol. The Labute approximate surface area is 281 Å². The molecule has 48 heavy (non-hydrogen) atoms. The van der Waals surface area contributed by atoms with E-state index < -0.39 is 16.7 Å². The van der Waals surface area contributed by atoms with Gasteiger partial charge in [-0.3, -0.25) is 4.18 Å². The van der Waals surface area contributed by atoms with Crippen LogP contribution in [0.4, 0.5) is 4.79 Å². The average Bonchev–Trinajstić information content (AvgIpc) is 3.79. The van der Waals surface area contributed by atoms with Crippen LogP contribution < -0.4 is 0 Å². The summed E-state index contributed by atoms with van der Waals surface area (Å²) in [5, 5.41) is 14.4. The number of hydrogen-bond acceptors (Lipinski definition) is 9. The van der Waals surface area contributed by atoms with Crippen molar-refractivity contribution < 1.29 is 22.7 Å². The molecule has 2 atom stereocenters. The molecule has 7 rings (SSSR count). The molecule has 0 spiro atoms. The van der Waals surface area contributed by atoms with Gasteiger partial charge in [0.15, 0.2) is 17.3 Å². The van der Waals surface area contributed by atoms with Crippen LogP contribution in [-0.2, 0) is 37.8 Å². The van der Waals surface area contributed by atoms with Gasteiger partial charge in [0.1, 0.15) is 16.9 Å². The van der Waals surface area contributed by atoms with E-state index in [9.17, 15) is 9.00 Å². The minimum absolute atomic E-state index is 0.176. The first kappa shape index (κ1) is 32.4. The second-order valence-corrected chi connectivity index (χ2v) is 15.0. The zero-order valence-electron chi connectivity index (χ0n) is 27.9. The number of rotatable bonds is 10. The van der Waals surface area contributed by atoms with Gasteiger partial charge in [0, 0.05) is 36.5 Å². The summed E-state index contributed by atoms with van der Waals surface area (Å²) in [5.41, 5.74) is 4.24. The molecule has 4 aromatic heterocycles. The Morgan fingerprint density at radius 2 is 1.96 bits per heavy atom. The number of imidazole rings is 1. The third kappa shape index (κ3) is 7.01. The quantitative estimate of drug-likeness (QED) is 0.178. The third-order valence-electron chi connectivity index (χ3n) is 8.89. The van der Waals surface area contributed by atoms with Crippen molar-refractivity contribution in [3.8, 4) is 11.3 Å². The van der Waals surface area contributed by atoms with Crippen LogP contribution in [0.25, 0.3) is 27.8 Å². The van der Waals surface area contributed by atoms with Gasteiger partial charge in [0.2, 0.25) is 0 Å².